The summed E-state index contributed by atoms with van der Waals surface area (Å²) < 4.78 is 0. The molecule has 2 aliphatic rings. The van der Waals surface area contributed by atoms with Crippen LogP contribution in [0.2, 0.25) is 5.02 Å². The third kappa shape index (κ3) is 4.88. The lowest BCUT2D eigenvalue weighted by Gasteiger charge is -2.36. The van der Waals surface area contributed by atoms with Crippen LogP contribution < -0.4 is 11.1 Å². The third-order valence-electron chi connectivity index (χ3n) is 6.83. The summed E-state index contributed by atoms with van der Waals surface area (Å²) in [6.07, 6.45) is 5.78. The van der Waals surface area contributed by atoms with Crippen molar-refractivity contribution < 1.29 is 14.7 Å². The minimum atomic E-state index is -1.16. The quantitative estimate of drug-likeness (QED) is 0.611. The molecule has 1 aliphatic heterocycles. The van der Waals surface area contributed by atoms with E-state index in [1.165, 1.54) is 4.90 Å². The third-order valence-corrected chi connectivity index (χ3v) is 7.07. The standard InChI is InChI=1S/C23H34ClN3O3/c1-2-23(11-6-12-26-23)22(30)27(15-18-13-19(24)10-9-17(18)14-25)21(29)20(28)16-7-4-3-5-8-16/h9-10,13,16,20,26,28H,2-8,11-12,14-15,25H2,1H3/t20-,23?/m1/s1. The van der Waals surface area contributed by atoms with Crippen LogP contribution in [0.25, 0.3) is 0 Å². The fourth-order valence-corrected chi connectivity index (χ4v) is 5.07. The second-order valence-electron chi connectivity index (χ2n) is 8.66. The zero-order chi connectivity index (χ0) is 21.7. The van der Waals surface area contributed by atoms with E-state index in [4.69, 9.17) is 17.3 Å². The van der Waals surface area contributed by atoms with Crippen molar-refractivity contribution in [2.24, 2.45) is 11.7 Å². The summed E-state index contributed by atoms with van der Waals surface area (Å²) in [5.74, 6) is -0.856. The molecule has 7 heteroatoms. The second-order valence-corrected chi connectivity index (χ2v) is 9.09. The molecule has 2 fully saturated rings. The van der Waals surface area contributed by atoms with E-state index in [1.54, 1.807) is 12.1 Å². The summed E-state index contributed by atoms with van der Waals surface area (Å²) in [4.78, 5) is 28.4. The Labute approximate surface area is 184 Å². The predicted octanol–water partition coefficient (Wildman–Crippen LogP) is 3.13. The highest BCUT2D eigenvalue weighted by atomic mass is 35.5. The lowest BCUT2D eigenvalue weighted by Crippen LogP contribution is -2.58. The van der Waals surface area contributed by atoms with Gasteiger partial charge in [0.25, 0.3) is 5.91 Å². The maximum atomic E-state index is 13.7. The molecular formula is C23H34ClN3O3. The Morgan fingerprint density at radius 3 is 2.60 bits per heavy atom. The van der Waals surface area contributed by atoms with Gasteiger partial charge in [-0.05, 0) is 67.8 Å². The van der Waals surface area contributed by atoms with Gasteiger partial charge in [0.05, 0.1) is 12.1 Å². The lowest BCUT2D eigenvalue weighted by atomic mass is 9.84. The number of aliphatic hydroxyl groups is 1. The van der Waals surface area contributed by atoms with Crippen molar-refractivity contribution in [3.63, 3.8) is 0 Å². The Kier molecular flexibility index (Phi) is 7.91. The Morgan fingerprint density at radius 1 is 1.27 bits per heavy atom. The number of nitrogens with one attached hydrogen (secondary N) is 1. The van der Waals surface area contributed by atoms with Crippen LogP contribution in [0.4, 0.5) is 0 Å². The van der Waals surface area contributed by atoms with Crippen LogP contribution in [-0.2, 0) is 22.7 Å². The van der Waals surface area contributed by atoms with E-state index in [1.807, 2.05) is 13.0 Å². The van der Waals surface area contributed by atoms with Gasteiger partial charge in [-0.3, -0.25) is 14.5 Å². The van der Waals surface area contributed by atoms with Gasteiger partial charge in [0, 0.05) is 11.6 Å². The normalized spacial score (nSPS) is 23.3. The second kappa shape index (κ2) is 10.2. The number of rotatable bonds is 7. The number of carbonyl (C=O) groups excluding carboxylic acids is 2. The summed E-state index contributed by atoms with van der Waals surface area (Å²) in [7, 11) is 0. The first-order valence-electron chi connectivity index (χ1n) is 11.2. The van der Waals surface area contributed by atoms with Crippen LogP contribution in [0.15, 0.2) is 18.2 Å². The van der Waals surface area contributed by atoms with Crippen LogP contribution in [0.1, 0.15) is 69.4 Å². The SMILES string of the molecule is CCC1(C(=O)N(Cc2cc(Cl)ccc2CN)C(=O)[C@H](O)C2CCCCC2)CCCN1. The molecule has 1 saturated heterocycles. The summed E-state index contributed by atoms with van der Waals surface area (Å²) in [6.45, 7) is 3.06. The highest BCUT2D eigenvalue weighted by Gasteiger charge is 2.45. The van der Waals surface area contributed by atoms with Crippen molar-refractivity contribution in [3.05, 3.63) is 34.3 Å². The van der Waals surface area contributed by atoms with Crippen molar-refractivity contribution in [1.29, 1.82) is 0 Å². The smallest absolute Gasteiger partial charge is 0.258 e. The maximum Gasteiger partial charge on any atom is 0.258 e. The fraction of sp³-hybridized carbons (Fsp3) is 0.652. The van der Waals surface area contributed by atoms with Crippen molar-refractivity contribution in [2.45, 2.75) is 83.0 Å². The molecular weight excluding hydrogens is 402 g/mol. The van der Waals surface area contributed by atoms with Crippen molar-refractivity contribution in [2.75, 3.05) is 6.54 Å². The molecule has 4 N–H and O–H groups in total. The molecule has 1 heterocycles. The zero-order valence-electron chi connectivity index (χ0n) is 17.8. The lowest BCUT2D eigenvalue weighted by molar-refractivity contribution is -0.157. The van der Waals surface area contributed by atoms with E-state index < -0.39 is 17.6 Å². The number of amides is 2. The van der Waals surface area contributed by atoms with Crippen LogP contribution in [0.5, 0.6) is 0 Å². The molecule has 0 radical (unpaired) electrons. The molecule has 2 amide bonds. The van der Waals surface area contributed by atoms with E-state index >= 15 is 0 Å². The van der Waals surface area contributed by atoms with E-state index in [0.717, 1.165) is 56.2 Å². The minimum Gasteiger partial charge on any atom is -0.383 e. The molecule has 1 aliphatic carbocycles. The summed E-state index contributed by atoms with van der Waals surface area (Å²) in [5, 5.41) is 14.8. The molecule has 0 spiro atoms. The summed E-state index contributed by atoms with van der Waals surface area (Å²) in [6, 6.07) is 5.33. The Balaban J connectivity index is 1.93. The number of hydrogen-bond donors (Lipinski definition) is 3. The fourth-order valence-electron chi connectivity index (χ4n) is 4.87. The number of aliphatic hydroxyl groups excluding tert-OH is 1. The van der Waals surface area contributed by atoms with Crippen LogP contribution >= 0.6 is 11.6 Å². The first-order valence-corrected chi connectivity index (χ1v) is 11.6. The molecule has 3 rings (SSSR count). The maximum absolute atomic E-state index is 13.7. The molecule has 1 saturated carbocycles. The summed E-state index contributed by atoms with van der Waals surface area (Å²) >= 11 is 6.19. The van der Waals surface area contributed by atoms with Gasteiger partial charge < -0.3 is 16.2 Å². The largest absolute Gasteiger partial charge is 0.383 e. The zero-order valence-corrected chi connectivity index (χ0v) is 18.6. The molecule has 0 bridgehead atoms. The van der Waals surface area contributed by atoms with E-state index in [0.29, 0.717) is 17.9 Å². The molecule has 1 unspecified atom stereocenters. The molecule has 2 atom stereocenters. The molecule has 1 aromatic carbocycles. The average molecular weight is 436 g/mol. The molecule has 30 heavy (non-hydrogen) atoms. The van der Waals surface area contributed by atoms with Gasteiger partial charge in [-0.2, -0.15) is 0 Å². The number of carbonyl (C=O) groups is 2. The van der Waals surface area contributed by atoms with Crippen LogP contribution in [0.3, 0.4) is 0 Å². The van der Waals surface area contributed by atoms with Gasteiger partial charge in [-0.1, -0.05) is 43.9 Å². The monoisotopic (exact) mass is 435 g/mol. The van der Waals surface area contributed by atoms with Gasteiger partial charge in [0.1, 0.15) is 6.10 Å². The number of benzene rings is 1. The molecule has 0 aromatic heterocycles. The van der Waals surface area contributed by atoms with E-state index in [2.05, 4.69) is 5.32 Å². The molecule has 6 nitrogen and oxygen atoms in total. The highest BCUT2D eigenvalue weighted by molar-refractivity contribution is 6.30. The number of imide groups is 1. The van der Waals surface area contributed by atoms with Crippen molar-refractivity contribution in [3.8, 4) is 0 Å². The highest BCUT2D eigenvalue weighted by Crippen LogP contribution is 2.31. The molecule has 166 valence electrons. The Bertz CT molecular complexity index is 758. The topological polar surface area (TPSA) is 95.7 Å². The van der Waals surface area contributed by atoms with Gasteiger partial charge in [0.2, 0.25) is 5.91 Å². The minimum absolute atomic E-state index is 0.0674. The Morgan fingerprint density at radius 2 is 2.00 bits per heavy atom. The van der Waals surface area contributed by atoms with Crippen LogP contribution in [0, 0.1) is 5.92 Å². The van der Waals surface area contributed by atoms with Gasteiger partial charge >= 0.3 is 0 Å². The predicted molar refractivity (Wildman–Crippen MR) is 118 cm³/mol. The molecule has 1 aromatic rings. The van der Waals surface area contributed by atoms with Gasteiger partial charge in [-0.15, -0.1) is 0 Å². The first-order chi connectivity index (χ1) is 14.4. The Hall–Kier alpha value is -1.47. The number of halogens is 1. The number of hydrogen-bond acceptors (Lipinski definition) is 5. The van der Waals surface area contributed by atoms with Crippen molar-refractivity contribution >= 4 is 23.4 Å². The van der Waals surface area contributed by atoms with E-state index in [-0.39, 0.29) is 24.9 Å². The summed E-state index contributed by atoms with van der Waals surface area (Å²) in [5.41, 5.74) is 6.70. The number of nitrogens with zero attached hydrogens (tertiary/aromatic N) is 1. The van der Waals surface area contributed by atoms with Gasteiger partial charge in [-0.25, -0.2) is 0 Å². The van der Waals surface area contributed by atoms with Gasteiger partial charge in [0.15, 0.2) is 0 Å². The average Bonchev–Trinajstić information content (AvgIpc) is 3.27. The van der Waals surface area contributed by atoms with Crippen LogP contribution in [-0.4, -0.2) is 40.0 Å². The van der Waals surface area contributed by atoms with Crippen molar-refractivity contribution in [1.82, 2.24) is 10.2 Å². The first kappa shape index (κ1) is 23.2. The van der Waals surface area contributed by atoms with E-state index in [9.17, 15) is 14.7 Å². The number of nitrogens with two attached hydrogens (primary N) is 1.